The Morgan fingerprint density at radius 2 is 2.14 bits per heavy atom. The lowest BCUT2D eigenvalue weighted by Gasteiger charge is -2.21. The Morgan fingerprint density at radius 1 is 1.35 bits per heavy atom. The molecule has 2 aromatic heterocycles. The number of nitrogens with zero attached hydrogens (tertiary/aromatic N) is 6. The molecule has 3 aromatic rings. The molecule has 1 saturated heterocycles. The van der Waals surface area contributed by atoms with Crippen molar-refractivity contribution >= 4 is 23.2 Å². The second-order valence-corrected chi connectivity index (χ2v) is 9.52. The van der Waals surface area contributed by atoms with Crippen LogP contribution < -0.4 is 10.6 Å². The Hall–Kier alpha value is -4.11. The number of anilines is 3. The summed E-state index contributed by atoms with van der Waals surface area (Å²) in [5, 5.41) is 30.0. The van der Waals surface area contributed by atoms with Crippen LogP contribution in [0.1, 0.15) is 41.4 Å². The second kappa shape index (κ2) is 9.74. The number of aromatic nitrogens is 4. The van der Waals surface area contributed by atoms with Gasteiger partial charge in [-0.15, -0.1) is 0 Å². The summed E-state index contributed by atoms with van der Waals surface area (Å²) in [6.45, 7) is 2.87. The van der Waals surface area contributed by atoms with Crippen molar-refractivity contribution in [3.05, 3.63) is 47.4 Å². The van der Waals surface area contributed by atoms with Crippen LogP contribution in [0.25, 0.3) is 11.3 Å². The van der Waals surface area contributed by atoms with Crippen molar-refractivity contribution in [2.45, 2.75) is 38.2 Å². The number of hydrogen-bond acceptors (Lipinski definition) is 8. The van der Waals surface area contributed by atoms with Crippen LogP contribution in [0.2, 0.25) is 0 Å². The summed E-state index contributed by atoms with van der Waals surface area (Å²) in [7, 11) is 0. The third kappa shape index (κ3) is 4.70. The van der Waals surface area contributed by atoms with Crippen LogP contribution in [-0.4, -0.2) is 68.3 Å². The number of aliphatic hydroxyl groups is 1. The lowest BCUT2D eigenvalue weighted by Crippen LogP contribution is -2.28. The van der Waals surface area contributed by atoms with Gasteiger partial charge in [0.2, 0.25) is 5.95 Å². The monoisotopic (exact) mass is 508 g/mol. The molecular formula is C25H26F2N8O2. The van der Waals surface area contributed by atoms with Crippen molar-refractivity contribution in [3.8, 4) is 17.3 Å². The number of nitriles is 1. The number of benzene rings is 1. The molecule has 0 radical (unpaired) electrons. The van der Waals surface area contributed by atoms with Gasteiger partial charge in [-0.2, -0.15) is 10.4 Å². The molecule has 1 aromatic carbocycles. The van der Waals surface area contributed by atoms with Gasteiger partial charge < -0.3 is 20.6 Å². The first-order valence-corrected chi connectivity index (χ1v) is 12.0. The second-order valence-electron chi connectivity index (χ2n) is 9.52. The highest BCUT2D eigenvalue weighted by molar-refractivity contribution is 5.98. The number of amides is 1. The molecular weight excluding hydrogens is 482 g/mol. The first-order valence-electron chi connectivity index (χ1n) is 12.0. The lowest BCUT2D eigenvalue weighted by molar-refractivity contribution is 0.0783. The number of nitrogens with one attached hydrogen (secondary N) is 2. The van der Waals surface area contributed by atoms with E-state index in [-0.39, 0.29) is 29.8 Å². The predicted octanol–water partition coefficient (Wildman–Crippen LogP) is 3.13. The quantitative estimate of drug-likeness (QED) is 0.444. The zero-order valence-electron chi connectivity index (χ0n) is 20.2. The van der Waals surface area contributed by atoms with Crippen LogP contribution in [0.4, 0.5) is 26.1 Å². The number of rotatable bonds is 7. The molecule has 1 amide bonds. The predicted molar refractivity (Wildman–Crippen MR) is 132 cm³/mol. The van der Waals surface area contributed by atoms with Crippen LogP contribution in [0.3, 0.4) is 0 Å². The number of alkyl halides is 2. The fourth-order valence-electron chi connectivity index (χ4n) is 4.74. The number of aliphatic hydroxyl groups excluding tert-OH is 1. The minimum atomic E-state index is -2.63. The van der Waals surface area contributed by atoms with Gasteiger partial charge in [0, 0.05) is 43.0 Å². The van der Waals surface area contributed by atoms with E-state index in [4.69, 9.17) is 0 Å². The SMILES string of the molecule is CC1(CO)CNc2c(C#N)cc(-c3ccnc(Nc4cn(CC(F)F)nc4C(=O)N4CCCC4)n3)cc21. The molecule has 0 aliphatic carbocycles. The van der Waals surface area contributed by atoms with E-state index >= 15 is 0 Å². The Labute approximate surface area is 211 Å². The Balaban J connectivity index is 1.49. The largest absolute Gasteiger partial charge is 0.395 e. The van der Waals surface area contributed by atoms with Crippen LogP contribution in [-0.2, 0) is 12.0 Å². The molecule has 0 saturated carbocycles. The fourth-order valence-corrected chi connectivity index (χ4v) is 4.74. The summed E-state index contributed by atoms with van der Waals surface area (Å²) in [5.74, 6) is -0.191. The lowest BCUT2D eigenvalue weighted by atomic mass is 9.83. The number of hydrogen-bond donors (Lipinski definition) is 3. The average Bonchev–Trinajstić information content (AvgIpc) is 3.63. The summed E-state index contributed by atoms with van der Waals surface area (Å²) >= 11 is 0. The molecule has 192 valence electrons. The minimum Gasteiger partial charge on any atom is -0.395 e. The van der Waals surface area contributed by atoms with Crippen molar-refractivity contribution in [3.63, 3.8) is 0 Å². The summed E-state index contributed by atoms with van der Waals surface area (Å²) in [6, 6.07) is 7.49. The Bertz CT molecular complexity index is 1380. The van der Waals surface area contributed by atoms with Crippen molar-refractivity contribution in [2.75, 3.05) is 36.9 Å². The molecule has 2 aliphatic heterocycles. The summed E-state index contributed by atoms with van der Waals surface area (Å²) < 4.78 is 27.1. The summed E-state index contributed by atoms with van der Waals surface area (Å²) in [6.07, 6.45) is 2.02. The number of carbonyl (C=O) groups is 1. The molecule has 0 bridgehead atoms. The van der Waals surface area contributed by atoms with Crippen LogP contribution in [0.15, 0.2) is 30.6 Å². The maximum absolute atomic E-state index is 13.0. The molecule has 0 spiro atoms. The van der Waals surface area contributed by atoms with Gasteiger partial charge >= 0.3 is 0 Å². The van der Waals surface area contributed by atoms with E-state index in [1.54, 1.807) is 17.0 Å². The third-order valence-electron chi connectivity index (χ3n) is 6.79. The van der Waals surface area contributed by atoms with Crippen LogP contribution >= 0.6 is 0 Å². The zero-order chi connectivity index (χ0) is 26.2. The van der Waals surface area contributed by atoms with E-state index < -0.39 is 18.4 Å². The van der Waals surface area contributed by atoms with Gasteiger partial charge in [0.1, 0.15) is 12.6 Å². The molecule has 1 atom stereocenters. The Kier molecular flexibility index (Phi) is 6.47. The number of likely N-dealkylation sites (tertiary alicyclic amines) is 1. The van der Waals surface area contributed by atoms with E-state index in [1.807, 2.05) is 13.0 Å². The molecule has 37 heavy (non-hydrogen) atoms. The first kappa shape index (κ1) is 24.6. The van der Waals surface area contributed by atoms with E-state index in [1.165, 1.54) is 12.4 Å². The highest BCUT2D eigenvalue weighted by Crippen LogP contribution is 2.41. The zero-order valence-corrected chi connectivity index (χ0v) is 20.2. The molecule has 1 fully saturated rings. The van der Waals surface area contributed by atoms with Gasteiger partial charge in [0.05, 0.1) is 29.2 Å². The molecule has 4 heterocycles. The van der Waals surface area contributed by atoms with Crippen LogP contribution in [0, 0.1) is 11.3 Å². The van der Waals surface area contributed by atoms with Crippen molar-refractivity contribution in [2.24, 2.45) is 0 Å². The fraction of sp³-hybridized carbons (Fsp3) is 0.400. The van der Waals surface area contributed by atoms with Crippen molar-refractivity contribution < 1.29 is 18.7 Å². The van der Waals surface area contributed by atoms with Gasteiger partial charge in [0.15, 0.2) is 5.69 Å². The molecule has 1 unspecified atom stereocenters. The smallest absolute Gasteiger partial charge is 0.276 e. The average molecular weight is 509 g/mol. The molecule has 5 rings (SSSR count). The number of carbonyl (C=O) groups excluding carboxylic acids is 1. The topological polar surface area (TPSA) is 132 Å². The maximum Gasteiger partial charge on any atom is 0.276 e. The van der Waals surface area contributed by atoms with Crippen molar-refractivity contribution in [1.29, 1.82) is 5.26 Å². The molecule has 2 aliphatic rings. The highest BCUT2D eigenvalue weighted by Gasteiger charge is 2.36. The molecule has 3 N–H and O–H groups in total. The maximum atomic E-state index is 13.0. The third-order valence-corrected chi connectivity index (χ3v) is 6.79. The molecule has 10 nitrogen and oxygen atoms in total. The normalized spacial score (nSPS) is 18.5. The van der Waals surface area contributed by atoms with E-state index in [0.717, 1.165) is 23.1 Å². The number of halogens is 2. The van der Waals surface area contributed by atoms with Crippen molar-refractivity contribution in [1.82, 2.24) is 24.6 Å². The van der Waals surface area contributed by atoms with E-state index in [2.05, 4.69) is 31.8 Å². The standard InChI is InChI=1S/C25H26F2N8O2/c1-25(14-36)13-30-21-16(10-28)8-15(9-17(21)25)18-4-5-29-24(31-18)32-19-11-35(12-20(26)27)33-22(19)23(37)34-6-2-3-7-34/h4-5,8-9,11,20,30,36H,2-3,6-7,12-14H2,1H3,(H,29,31,32). The van der Waals surface area contributed by atoms with Gasteiger partial charge in [-0.25, -0.2) is 18.7 Å². The Morgan fingerprint density at radius 3 is 2.84 bits per heavy atom. The number of fused-ring (bicyclic) bond motifs is 1. The van der Waals surface area contributed by atoms with Gasteiger partial charge in [0.25, 0.3) is 12.3 Å². The van der Waals surface area contributed by atoms with E-state index in [0.29, 0.717) is 42.1 Å². The van der Waals surface area contributed by atoms with Gasteiger partial charge in [-0.3, -0.25) is 9.48 Å². The van der Waals surface area contributed by atoms with E-state index in [9.17, 15) is 23.9 Å². The molecule has 12 heteroatoms. The van der Waals surface area contributed by atoms with Crippen LogP contribution in [0.5, 0.6) is 0 Å². The summed E-state index contributed by atoms with van der Waals surface area (Å²) in [5.41, 5.74) is 2.85. The highest BCUT2D eigenvalue weighted by atomic mass is 19.3. The summed E-state index contributed by atoms with van der Waals surface area (Å²) in [4.78, 5) is 23.5. The van der Waals surface area contributed by atoms with Gasteiger partial charge in [-0.1, -0.05) is 6.92 Å². The minimum absolute atomic E-state index is 0.0330. The first-order chi connectivity index (χ1) is 17.8. The van der Waals surface area contributed by atoms with Gasteiger partial charge in [-0.05, 0) is 36.6 Å².